The highest BCUT2D eigenvalue weighted by atomic mass is 16.5. The maximum Gasteiger partial charge on any atom is 0.399 e. The summed E-state index contributed by atoms with van der Waals surface area (Å²) in [5.41, 5.74) is 19.5. The summed E-state index contributed by atoms with van der Waals surface area (Å²) in [5.74, 6) is -0.526. The molecule has 6 nitrogen and oxygen atoms in total. The third-order valence-electron chi connectivity index (χ3n) is 13.9. The van der Waals surface area contributed by atoms with Gasteiger partial charge in [-0.1, -0.05) is 182 Å². The number of rotatable bonds is 8. The van der Waals surface area contributed by atoms with E-state index in [4.69, 9.17) is 4.74 Å². The SMILES string of the molecule is CCOC(=O)C1n2c3ccc2c(-c2ccccc2)c2ccc4n2c(-c2ccccc2)c(-c2ccccc2)n2c(ccc2c(-c2ccccc2)c2[n+]1c(c3-c1ccccc1)C=C2)[C@@H]4c1ccccc1. The summed E-state index contributed by atoms with van der Waals surface area (Å²) >= 11 is 0. The van der Waals surface area contributed by atoms with Gasteiger partial charge in [0.05, 0.1) is 57.1 Å². The van der Waals surface area contributed by atoms with Gasteiger partial charge in [0.1, 0.15) is 0 Å². The third kappa shape index (κ3) is 5.97. The molecule has 6 aromatic carbocycles. The van der Waals surface area contributed by atoms with Crippen molar-refractivity contribution in [1.82, 2.24) is 13.4 Å². The van der Waals surface area contributed by atoms with Crippen LogP contribution in [0.2, 0.25) is 0 Å². The number of carbonyl (C=O) groups is 1. The largest absolute Gasteiger partial charge is 0.460 e. The Balaban J connectivity index is 1.42. The van der Waals surface area contributed by atoms with Crippen LogP contribution in [-0.4, -0.2) is 25.9 Å². The molecule has 4 aromatic heterocycles. The number of ether oxygens (including phenoxy) is 1. The predicted octanol–water partition coefficient (Wildman–Crippen LogP) is 13.9. The Morgan fingerprint density at radius 2 is 0.809 bits per heavy atom. The molecule has 68 heavy (non-hydrogen) atoms. The second-order valence-electron chi connectivity index (χ2n) is 17.5. The lowest BCUT2D eigenvalue weighted by Gasteiger charge is -2.23. The first kappa shape index (κ1) is 39.6. The molecule has 8 bridgehead atoms. The third-order valence-corrected chi connectivity index (χ3v) is 13.9. The zero-order valence-electron chi connectivity index (χ0n) is 37.4. The molecule has 2 atom stereocenters. The number of aromatic nitrogens is 4. The highest BCUT2D eigenvalue weighted by Crippen LogP contribution is 2.48. The smallest absolute Gasteiger partial charge is 0.399 e. The molecule has 3 aliphatic rings. The number of nitrogens with zero attached hydrogens (tertiary/aromatic N) is 4. The van der Waals surface area contributed by atoms with Crippen LogP contribution in [0.1, 0.15) is 47.3 Å². The van der Waals surface area contributed by atoms with Crippen molar-refractivity contribution < 1.29 is 14.1 Å². The summed E-state index contributed by atoms with van der Waals surface area (Å²) in [4.78, 5) is 15.3. The number of carbonyl (C=O) groups excluding carboxylic acids is 1. The van der Waals surface area contributed by atoms with Crippen LogP contribution < -0.4 is 4.57 Å². The van der Waals surface area contributed by atoms with E-state index in [1.165, 1.54) is 5.56 Å². The molecule has 0 radical (unpaired) electrons. The van der Waals surface area contributed by atoms with Crippen molar-refractivity contribution in [2.45, 2.75) is 19.0 Å². The predicted molar refractivity (Wildman–Crippen MR) is 274 cm³/mol. The topological polar surface area (TPSA) is 43.9 Å². The highest BCUT2D eigenvalue weighted by molar-refractivity contribution is 6.01. The molecular formula is C62H45N4O2+. The molecule has 3 aliphatic heterocycles. The number of hydrogen-bond donors (Lipinski definition) is 0. The van der Waals surface area contributed by atoms with Gasteiger partial charge in [0.15, 0.2) is 0 Å². The van der Waals surface area contributed by atoms with E-state index in [1.807, 2.05) is 6.92 Å². The van der Waals surface area contributed by atoms with E-state index in [1.54, 1.807) is 0 Å². The van der Waals surface area contributed by atoms with Gasteiger partial charge in [-0.05, 0) is 65.6 Å². The maximum atomic E-state index is 15.3. The Bertz CT molecular complexity index is 3800. The van der Waals surface area contributed by atoms with Crippen LogP contribution in [0.25, 0.3) is 90.1 Å². The van der Waals surface area contributed by atoms with E-state index in [0.29, 0.717) is 0 Å². The lowest BCUT2D eigenvalue weighted by molar-refractivity contribution is -0.715. The Kier molecular flexibility index (Phi) is 9.32. The van der Waals surface area contributed by atoms with Crippen LogP contribution in [0, 0.1) is 0 Å². The van der Waals surface area contributed by atoms with Crippen LogP contribution >= 0.6 is 0 Å². The van der Waals surface area contributed by atoms with Gasteiger partial charge < -0.3 is 13.5 Å². The standard InChI is InChI=1S/C62H45N4O2/c1-2-68-62(67)61-65-51-37-39-53(65)58(44-27-15-6-16-28-44)54-40-38-52(66(54)61)57(43-25-13-5-14-26-43)50-36-34-48-55(41-21-9-3-10-22-41)47-33-35-49(56(51)42-23-11-4-12-24-42)63(47)59(45-29-17-7-18-30-45)60(64(48)50)46-31-19-8-20-32-46/h3-40,55,61H,2H2,1H3/q+1/t55-,61?. The van der Waals surface area contributed by atoms with Crippen molar-refractivity contribution in [3.05, 3.63) is 247 Å². The lowest BCUT2D eigenvalue weighted by atomic mass is 9.92. The van der Waals surface area contributed by atoms with Crippen molar-refractivity contribution >= 4 is 40.2 Å². The van der Waals surface area contributed by atoms with Crippen LogP contribution in [0.4, 0.5) is 0 Å². The van der Waals surface area contributed by atoms with Crippen LogP contribution in [0.3, 0.4) is 0 Å². The summed E-state index contributed by atoms with van der Waals surface area (Å²) in [6.45, 7) is 2.12. The monoisotopic (exact) mass is 877 g/mol. The Hall–Kier alpha value is -8.74. The van der Waals surface area contributed by atoms with Gasteiger partial charge in [-0.25, -0.2) is 4.79 Å². The van der Waals surface area contributed by atoms with Gasteiger partial charge in [0.25, 0.3) is 0 Å². The minimum absolute atomic E-state index is 0.196. The van der Waals surface area contributed by atoms with E-state index in [0.717, 1.165) is 101 Å². The van der Waals surface area contributed by atoms with Crippen molar-refractivity contribution in [3.63, 3.8) is 0 Å². The minimum Gasteiger partial charge on any atom is -0.460 e. The quantitative estimate of drug-likeness (QED) is 0.113. The fraction of sp³-hybridized carbons (Fsp3) is 0.0645. The maximum absolute atomic E-state index is 15.3. The van der Waals surface area contributed by atoms with Gasteiger partial charge in [-0.15, -0.1) is 0 Å². The minimum atomic E-state index is -0.901. The molecule has 0 saturated heterocycles. The van der Waals surface area contributed by atoms with Crippen LogP contribution in [0.5, 0.6) is 0 Å². The van der Waals surface area contributed by atoms with E-state index in [2.05, 4.69) is 248 Å². The van der Waals surface area contributed by atoms with Gasteiger partial charge in [0.2, 0.25) is 11.4 Å². The van der Waals surface area contributed by atoms with Crippen LogP contribution in [-0.2, 0) is 9.53 Å². The summed E-state index contributed by atoms with van der Waals surface area (Å²) in [7, 11) is 0. The van der Waals surface area contributed by atoms with Gasteiger partial charge >= 0.3 is 12.1 Å². The Morgan fingerprint density at radius 1 is 0.441 bits per heavy atom. The number of benzene rings is 6. The molecule has 0 saturated carbocycles. The average Bonchev–Trinajstić information content (AvgIpc) is 4.21. The average molecular weight is 878 g/mol. The zero-order valence-corrected chi connectivity index (χ0v) is 37.4. The van der Waals surface area contributed by atoms with Crippen molar-refractivity contribution in [3.8, 4) is 55.9 Å². The second-order valence-corrected chi connectivity index (χ2v) is 17.5. The molecule has 7 heterocycles. The summed E-state index contributed by atoms with van der Waals surface area (Å²) in [6, 6.07) is 78.3. The first-order valence-electron chi connectivity index (χ1n) is 23.4. The van der Waals surface area contributed by atoms with Crippen molar-refractivity contribution in [2.75, 3.05) is 6.61 Å². The molecule has 6 heteroatoms. The molecule has 1 unspecified atom stereocenters. The first-order chi connectivity index (χ1) is 33.7. The van der Waals surface area contributed by atoms with Gasteiger partial charge in [0, 0.05) is 40.2 Å². The van der Waals surface area contributed by atoms with Crippen molar-refractivity contribution in [1.29, 1.82) is 0 Å². The van der Waals surface area contributed by atoms with Crippen LogP contribution in [0.15, 0.2) is 218 Å². The normalized spacial score (nSPS) is 14.6. The summed E-state index contributed by atoms with van der Waals surface area (Å²) < 4.78 is 15.8. The molecule has 324 valence electrons. The molecule has 13 rings (SSSR count). The second kappa shape index (κ2) is 16.0. The lowest BCUT2D eigenvalue weighted by Crippen LogP contribution is -2.53. The summed E-state index contributed by atoms with van der Waals surface area (Å²) in [5, 5.41) is 0. The summed E-state index contributed by atoms with van der Waals surface area (Å²) in [6.07, 6.45) is 3.52. The van der Waals surface area contributed by atoms with Crippen molar-refractivity contribution in [2.24, 2.45) is 0 Å². The number of esters is 1. The molecule has 0 spiro atoms. The van der Waals surface area contributed by atoms with E-state index < -0.39 is 6.17 Å². The molecule has 10 aromatic rings. The zero-order chi connectivity index (χ0) is 45.3. The number of fused-ring (bicyclic) bond motifs is 1. The fourth-order valence-electron chi connectivity index (χ4n) is 11.2. The molecule has 0 fully saturated rings. The van der Waals surface area contributed by atoms with Gasteiger partial charge in [-0.3, -0.25) is 4.57 Å². The Labute approximate surface area is 394 Å². The van der Waals surface area contributed by atoms with E-state index in [-0.39, 0.29) is 18.5 Å². The molecular weight excluding hydrogens is 833 g/mol. The van der Waals surface area contributed by atoms with Gasteiger partial charge in [-0.2, -0.15) is 4.57 Å². The van der Waals surface area contributed by atoms with E-state index in [9.17, 15) is 0 Å². The Morgan fingerprint density at radius 3 is 1.26 bits per heavy atom. The molecule has 0 aliphatic carbocycles. The van der Waals surface area contributed by atoms with E-state index >= 15 is 4.79 Å². The fourth-order valence-corrected chi connectivity index (χ4v) is 11.2. The molecule has 0 amide bonds. The highest BCUT2D eigenvalue weighted by Gasteiger charge is 2.45. The molecule has 0 N–H and O–H groups in total. The number of hydrogen-bond acceptors (Lipinski definition) is 2. The first-order valence-corrected chi connectivity index (χ1v) is 23.4.